The molecule has 5 aliphatic rings. The second-order valence-electron chi connectivity index (χ2n) is 12.1. The van der Waals surface area contributed by atoms with E-state index in [1.54, 1.807) is 26.2 Å². The van der Waals surface area contributed by atoms with Crippen LogP contribution < -0.4 is 0 Å². The van der Waals surface area contributed by atoms with Gasteiger partial charge in [-0.3, -0.25) is 9.59 Å². The van der Waals surface area contributed by atoms with E-state index in [2.05, 4.69) is 13.8 Å². The lowest BCUT2D eigenvalue weighted by Gasteiger charge is -2.65. The number of rotatable bonds is 6. The molecule has 3 heterocycles. The molecule has 10 heteroatoms. The number of carbonyl (C=O) groups excluding carboxylic acids is 3. The van der Waals surface area contributed by atoms with E-state index in [1.165, 1.54) is 13.8 Å². The van der Waals surface area contributed by atoms with Crippen LogP contribution in [0.3, 0.4) is 0 Å². The van der Waals surface area contributed by atoms with E-state index < -0.39 is 64.9 Å². The number of hydrogen-bond donors (Lipinski definition) is 1. The first-order valence-corrected chi connectivity index (χ1v) is 13.8. The van der Waals surface area contributed by atoms with Crippen LogP contribution in [0.1, 0.15) is 60.8 Å². The monoisotopic (exact) mass is 548 g/mol. The van der Waals surface area contributed by atoms with Crippen molar-refractivity contribution in [3.05, 3.63) is 24.0 Å². The Hall–Kier alpha value is -2.43. The first-order chi connectivity index (χ1) is 18.4. The lowest BCUT2D eigenvalue weighted by atomic mass is 9.41. The van der Waals surface area contributed by atoms with Crippen molar-refractivity contribution >= 4 is 17.9 Å². The van der Waals surface area contributed by atoms with Gasteiger partial charge in [-0.2, -0.15) is 0 Å². The zero-order valence-corrected chi connectivity index (χ0v) is 23.5. The Bertz CT molecular complexity index is 1080. The van der Waals surface area contributed by atoms with Crippen molar-refractivity contribution in [2.24, 2.45) is 28.6 Å². The molecule has 4 fully saturated rings. The number of allylic oxidation sites excluding steroid dienone is 1. The maximum atomic E-state index is 13.2. The molecule has 10 nitrogen and oxygen atoms in total. The summed E-state index contributed by atoms with van der Waals surface area (Å²) >= 11 is 0. The lowest BCUT2D eigenvalue weighted by Crippen LogP contribution is -2.75. The number of ether oxygens (including phenoxy) is 6. The summed E-state index contributed by atoms with van der Waals surface area (Å²) in [5.41, 5.74) is -2.56. The Kier molecular flexibility index (Phi) is 7.13. The molecule has 39 heavy (non-hydrogen) atoms. The van der Waals surface area contributed by atoms with E-state index in [1.807, 2.05) is 6.08 Å². The molecule has 2 saturated carbocycles. The summed E-state index contributed by atoms with van der Waals surface area (Å²) in [6.07, 6.45) is 3.26. The van der Waals surface area contributed by atoms with E-state index in [0.29, 0.717) is 18.4 Å². The maximum absolute atomic E-state index is 13.2. The second-order valence-corrected chi connectivity index (χ2v) is 12.1. The standard InChI is InChI=1S/C29H40O10/c1-7-15(2)25(33)38-20-12-21(32)29(14-36-29)28(13-35-17(4)30)23(37-18(5)31)10-16(3)27(6,24(20)28)22-11-19-8-9-34-26(19)39-22/h7-9,16,19-24,26,32H,10-14H2,1-6H3. The molecule has 216 valence electrons. The molecule has 1 spiro atoms. The van der Waals surface area contributed by atoms with Gasteiger partial charge in [0.1, 0.15) is 24.4 Å². The molecule has 1 N–H and O–H groups in total. The summed E-state index contributed by atoms with van der Waals surface area (Å²) in [5, 5.41) is 11.6. The molecule has 11 unspecified atom stereocenters. The van der Waals surface area contributed by atoms with Crippen LogP contribution in [0, 0.1) is 28.6 Å². The van der Waals surface area contributed by atoms with E-state index in [9.17, 15) is 19.5 Å². The van der Waals surface area contributed by atoms with Crippen LogP contribution in [0.5, 0.6) is 0 Å². The van der Waals surface area contributed by atoms with Crippen molar-refractivity contribution in [1.29, 1.82) is 0 Å². The minimum atomic E-state index is -1.20. The van der Waals surface area contributed by atoms with Gasteiger partial charge >= 0.3 is 17.9 Å². The van der Waals surface area contributed by atoms with Crippen LogP contribution in [-0.4, -0.2) is 72.5 Å². The molecule has 3 aliphatic heterocycles. The van der Waals surface area contributed by atoms with E-state index in [-0.39, 0.29) is 37.6 Å². The molecular weight excluding hydrogens is 508 g/mol. The third-order valence-corrected chi connectivity index (χ3v) is 10.2. The summed E-state index contributed by atoms with van der Waals surface area (Å²) < 4.78 is 36.2. The minimum absolute atomic E-state index is 0.0693. The Balaban J connectivity index is 1.69. The highest BCUT2D eigenvalue weighted by Crippen LogP contribution is 2.70. The van der Waals surface area contributed by atoms with Crippen molar-refractivity contribution in [2.45, 2.75) is 97.1 Å². The Morgan fingerprint density at radius 3 is 2.41 bits per heavy atom. The summed E-state index contributed by atoms with van der Waals surface area (Å²) in [6.45, 7) is 10.3. The van der Waals surface area contributed by atoms with Gasteiger partial charge in [0.05, 0.1) is 30.5 Å². The van der Waals surface area contributed by atoms with Gasteiger partial charge in [-0.15, -0.1) is 0 Å². The number of aliphatic hydroxyl groups excluding tert-OH is 1. The van der Waals surface area contributed by atoms with Gasteiger partial charge in [0.2, 0.25) is 6.29 Å². The molecule has 2 saturated heterocycles. The topological polar surface area (TPSA) is 130 Å². The van der Waals surface area contributed by atoms with E-state index >= 15 is 0 Å². The fourth-order valence-electron chi connectivity index (χ4n) is 7.98. The molecule has 0 radical (unpaired) electrons. The molecule has 2 aliphatic carbocycles. The number of esters is 3. The quantitative estimate of drug-likeness (QED) is 0.229. The van der Waals surface area contributed by atoms with Gasteiger partial charge in [-0.1, -0.05) is 19.9 Å². The van der Waals surface area contributed by atoms with Gasteiger partial charge in [0, 0.05) is 43.1 Å². The molecule has 5 rings (SSSR count). The summed E-state index contributed by atoms with van der Waals surface area (Å²) in [7, 11) is 0. The minimum Gasteiger partial charge on any atom is -0.472 e. The summed E-state index contributed by atoms with van der Waals surface area (Å²) in [4.78, 5) is 37.8. The first kappa shape index (κ1) is 28.1. The molecule has 0 aromatic rings. The van der Waals surface area contributed by atoms with Crippen molar-refractivity contribution in [3.8, 4) is 0 Å². The fraction of sp³-hybridized carbons (Fsp3) is 0.759. The highest BCUT2D eigenvalue weighted by atomic mass is 16.7. The van der Waals surface area contributed by atoms with Gasteiger partial charge in [0.15, 0.2) is 0 Å². The van der Waals surface area contributed by atoms with Gasteiger partial charge < -0.3 is 33.5 Å². The van der Waals surface area contributed by atoms with Gasteiger partial charge in [0.25, 0.3) is 0 Å². The van der Waals surface area contributed by atoms with Crippen molar-refractivity contribution < 1.29 is 47.9 Å². The number of carbonyl (C=O) groups is 3. The second kappa shape index (κ2) is 9.89. The van der Waals surface area contributed by atoms with Crippen LogP contribution in [0.2, 0.25) is 0 Å². The Morgan fingerprint density at radius 2 is 1.82 bits per heavy atom. The van der Waals surface area contributed by atoms with E-state index in [4.69, 9.17) is 28.4 Å². The van der Waals surface area contributed by atoms with Crippen molar-refractivity contribution in [1.82, 2.24) is 0 Å². The van der Waals surface area contributed by atoms with Gasteiger partial charge in [-0.25, -0.2) is 4.79 Å². The molecular formula is C29H40O10. The zero-order valence-electron chi connectivity index (χ0n) is 23.5. The maximum Gasteiger partial charge on any atom is 0.333 e. The molecule has 0 bridgehead atoms. The number of epoxide rings is 1. The first-order valence-electron chi connectivity index (χ1n) is 13.8. The number of aliphatic hydroxyl groups is 1. The lowest BCUT2D eigenvalue weighted by molar-refractivity contribution is -0.292. The third kappa shape index (κ3) is 4.21. The van der Waals surface area contributed by atoms with E-state index in [0.717, 1.165) is 0 Å². The summed E-state index contributed by atoms with van der Waals surface area (Å²) in [6, 6.07) is 0. The number of hydrogen-bond acceptors (Lipinski definition) is 10. The molecule has 0 aromatic carbocycles. The smallest absolute Gasteiger partial charge is 0.333 e. The normalized spacial score (nSPS) is 46.2. The van der Waals surface area contributed by atoms with Gasteiger partial charge in [-0.05, 0) is 38.7 Å². The largest absolute Gasteiger partial charge is 0.472 e. The van der Waals surface area contributed by atoms with Crippen LogP contribution in [-0.2, 0) is 42.8 Å². The fourth-order valence-corrected chi connectivity index (χ4v) is 7.98. The van der Waals surface area contributed by atoms with Crippen molar-refractivity contribution in [3.63, 3.8) is 0 Å². The molecule has 0 aromatic heterocycles. The Labute approximate surface area is 229 Å². The van der Waals surface area contributed by atoms with Crippen LogP contribution >= 0.6 is 0 Å². The summed E-state index contributed by atoms with van der Waals surface area (Å²) in [5.74, 6) is -2.03. The molecule has 11 atom stereocenters. The highest BCUT2D eigenvalue weighted by molar-refractivity contribution is 5.87. The molecule has 0 amide bonds. The highest BCUT2D eigenvalue weighted by Gasteiger charge is 2.81. The van der Waals surface area contributed by atoms with Crippen molar-refractivity contribution in [2.75, 3.05) is 13.2 Å². The van der Waals surface area contributed by atoms with Crippen LogP contribution in [0.4, 0.5) is 0 Å². The Morgan fingerprint density at radius 1 is 1.10 bits per heavy atom. The zero-order chi connectivity index (χ0) is 28.3. The average molecular weight is 549 g/mol. The third-order valence-electron chi connectivity index (χ3n) is 10.2. The number of fused-ring (bicyclic) bond motifs is 3. The SMILES string of the molecule is CC=C(C)C(=O)OC1CC(O)C2(CO2)C2(COC(C)=O)C(OC(C)=O)CC(C)C(C)(C3CC4C=COC4O3)C12. The average Bonchev–Trinajstić information content (AvgIpc) is 3.38. The van der Waals surface area contributed by atoms with Crippen LogP contribution in [0.15, 0.2) is 24.0 Å². The predicted octanol–water partition coefficient (Wildman–Crippen LogP) is 2.82. The van der Waals surface area contributed by atoms with Crippen LogP contribution in [0.25, 0.3) is 0 Å². The predicted molar refractivity (Wildman–Crippen MR) is 136 cm³/mol.